The van der Waals surface area contributed by atoms with Gasteiger partial charge in [0, 0.05) is 77.8 Å². The van der Waals surface area contributed by atoms with Crippen molar-refractivity contribution in [1.82, 2.24) is 39.9 Å². The van der Waals surface area contributed by atoms with Gasteiger partial charge in [-0.2, -0.15) is 29.9 Å². The van der Waals surface area contributed by atoms with Crippen LogP contribution in [0.4, 0.5) is 35.7 Å². The summed E-state index contributed by atoms with van der Waals surface area (Å²) in [6.07, 6.45) is 18.0. The zero-order valence-corrected chi connectivity index (χ0v) is 31.9. The van der Waals surface area contributed by atoms with E-state index in [1.165, 1.54) is 25.7 Å². The summed E-state index contributed by atoms with van der Waals surface area (Å²) in [7, 11) is 0. The topological polar surface area (TPSA) is 123 Å². The molecule has 0 radical (unpaired) electrons. The Kier molecular flexibility index (Phi) is 12.0. The Morgan fingerprint density at radius 3 is 0.981 bits per heavy atom. The van der Waals surface area contributed by atoms with Gasteiger partial charge in [-0.15, -0.1) is 0 Å². The third kappa shape index (κ3) is 9.25. The minimum absolute atomic E-state index is 0.566. The monoisotopic (exact) mass is 732 g/mol. The zero-order valence-electron chi connectivity index (χ0n) is 31.9. The molecule has 0 saturated carbocycles. The van der Waals surface area contributed by atoms with Crippen molar-refractivity contribution < 1.29 is 0 Å². The number of aromatic nitrogens is 8. The number of anilines is 6. The van der Waals surface area contributed by atoms with Crippen molar-refractivity contribution in [1.29, 1.82) is 0 Å². The van der Waals surface area contributed by atoms with E-state index in [0.29, 0.717) is 38.1 Å². The fourth-order valence-electron chi connectivity index (χ4n) is 8.03. The van der Waals surface area contributed by atoms with Crippen LogP contribution in [-0.4, -0.2) is 105 Å². The average molecular weight is 733 g/mol. The summed E-state index contributed by atoms with van der Waals surface area (Å²) in [5, 5.41) is 0. The van der Waals surface area contributed by atoms with Gasteiger partial charge in [0.1, 0.15) is 0 Å². The van der Waals surface area contributed by atoms with Crippen LogP contribution in [0.25, 0.3) is 0 Å². The van der Waals surface area contributed by atoms with Crippen LogP contribution in [0, 0.1) is 0 Å². The van der Waals surface area contributed by atoms with E-state index in [-0.39, 0.29) is 0 Å². The van der Waals surface area contributed by atoms with E-state index in [1.807, 2.05) is 24.5 Å². The summed E-state index contributed by atoms with van der Waals surface area (Å²) in [5.74, 6) is 4.51. The molecule has 0 unspecified atom stereocenters. The molecule has 0 aliphatic carbocycles. The van der Waals surface area contributed by atoms with Gasteiger partial charge >= 0.3 is 0 Å². The highest BCUT2D eigenvalue weighted by Crippen LogP contribution is 2.27. The second kappa shape index (κ2) is 18.0. The third-order valence-electron chi connectivity index (χ3n) is 11.1. The highest BCUT2D eigenvalue weighted by atomic mass is 15.4. The molecule has 8 rings (SSSR count). The van der Waals surface area contributed by atoms with Crippen molar-refractivity contribution in [2.75, 3.05) is 94.8 Å². The molecule has 286 valence electrons. The molecule has 4 aliphatic heterocycles. The number of piperidine rings is 4. The first-order valence-electron chi connectivity index (χ1n) is 20.6. The summed E-state index contributed by atoms with van der Waals surface area (Å²) in [5.41, 5.74) is 1.93. The van der Waals surface area contributed by atoms with Crippen molar-refractivity contribution in [3.05, 3.63) is 60.2 Å². The molecule has 8 heterocycles. The number of nitrogens with zero attached hydrogens (tertiary/aromatic N) is 14. The first-order chi connectivity index (χ1) is 26.7. The van der Waals surface area contributed by atoms with E-state index in [9.17, 15) is 0 Å². The number of hydrogen-bond donors (Lipinski definition) is 0. The molecule has 4 fully saturated rings. The quantitative estimate of drug-likeness (QED) is 0.171. The molecule has 4 saturated heterocycles. The van der Waals surface area contributed by atoms with Gasteiger partial charge in [-0.3, -0.25) is 9.97 Å². The Morgan fingerprint density at radius 1 is 0.389 bits per heavy atom. The van der Waals surface area contributed by atoms with Crippen molar-refractivity contribution >= 4 is 35.7 Å². The molecule has 14 heteroatoms. The van der Waals surface area contributed by atoms with Gasteiger partial charge in [0.05, 0.1) is 24.5 Å². The summed E-state index contributed by atoms with van der Waals surface area (Å²) in [6.45, 7) is 10.1. The molecular weight excluding hydrogens is 677 g/mol. The molecule has 0 N–H and O–H groups in total. The molecule has 0 bridgehead atoms. The van der Waals surface area contributed by atoms with Crippen LogP contribution in [0.3, 0.4) is 0 Å². The molecule has 54 heavy (non-hydrogen) atoms. The molecule has 0 atom stereocenters. The molecule has 4 aliphatic rings. The van der Waals surface area contributed by atoms with Crippen molar-refractivity contribution in [2.45, 2.75) is 90.1 Å². The number of rotatable bonds is 13. The van der Waals surface area contributed by atoms with Gasteiger partial charge in [0.15, 0.2) is 0 Å². The normalized spacial score (nSPS) is 18.1. The second-order valence-corrected chi connectivity index (χ2v) is 15.1. The zero-order chi connectivity index (χ0) is 36.4. The Bertz CT molecular complexity index is 1540. The molecule has 0 aromatic carbocycles. The molecule has 4 aromatic heterocycles. The van der Waals surface area contributed by atoms with E-state index >= 15 is 0 Å². The Labute approximate surface area is 320 Å². The lowest BCUT2D eigenvalue weighted by Crippen LogP contribution is -2.39. The average Bonchev–Trinajstić information content (AvgIpc) is 3.26. The van der Waals surface area contributed by atoms with Crippen LogP contribution in [-0.2, 0) is 13.1 Å². The van der Waals surface area contributed by atoms with Crippen molar-refractivity contribution in [3.63, 3.8) is 0 Å². The minimum Gasteiger partial charge on any atom is -0.341 e. The van der Waals surface area contributed by atoms with Gasteiger partial charge in [-0.1, -0.05) is 12.1 Å². The third-order valence-corrected chi connectivity index (χ3v) is 11.1. The number of hydrogen-bond acceptors (Lipinski definition) is 14. The Hall–Kier alpha value is -4.88. The lowest BCUT2D eigenvalue weighted by molar-refractivity contribution is 0.553. The lowest BCUT2D eigenvalue weighted by Gasteiger charge is -2.33. The smallest absolute Gasteiger partial charge is 0.232 e. The predicted octanol–water partition coefficient (Wildman–Crippen LogP) is 5.52. The van der Waals surface area contributed by atoms with Crippen LogP contribution in [0.15, 0.2) is 48.8 Å². The van der Waals surface area contributed by atoms with E-state index < -0.39 is 0 Å². The fourth-order valence-corrected chi connectivity index (χ4v) is 8.03. The summed E-state index contributed by atoms with van der Waals surface area (Å²) in [4.78, 5) is 54.6. The Morgan fingerprint density at radius 2 is 0.704 bits per heavy atom. The van der Waals surface area contributed by atoms with E-state index in [2.05, 4.69) is 53.7 Å². The highest BCUT2D eigenvalue weighted by molar-refractivity contribution is 5.50. The van der Waals surface area contributed by atoms with Crippen LogP contribution in [0.1, 0.15) is 88.4 Å². The maximum Gasteiger partial charge on any atom is 0.232 e. The highest BCUT2D eigenvalue weighted by Gasteiger charge is 2.26. The molecule has 0 spiro atoms. The maximum atomic E-state index is 5.22. The standard InChI is InChI=1S/C40H56N14/c1-9-21-49(22-10-1)35-43-36(50-23-11-2-12-24-50)46-39(45-35)53(31-33-17-5-7-19-41-33)29-30-54(32-34-18-6-8-20-42-34)40-47-37(51-25-13-3-14-26-51)44-38(48-40)52-27-15-4-16-28-52/h5-8,17-20H,1-4,9-16,21-32H2. The van der Waals surface area contributed by atoms with E-state index in [0.717, 1.165) is 139 Å². The maximum absolute atomic E-state index is 5.22. The van der Waals surface area contributed by atoms with E-state index in [4.69, 9.17) is 39.9 Å². The van der Waals surface area contributed by atoms with Crippen molar-refractivity contribution in [2.24, 2.45) is 0 Å². The first kappa shape index (κ1) is 36.1. The lowest BCUT2D eigenvalue weighted by atomic mass is 10.1. The first-order valence-corrected chi connectivity index (χ1v) is 20.6. The second-order valence-electron chi connectivity index (χ2n) is 15.1. The van der Waals surface area contributed by atoms with Gasteiger partial charge in [-0.05, 0) is 101 Å². The van der Waals surface area contributed by atoms with E-state index in [1.54, 1.807) is 0 Å². The summed E-state index contributed by atoms with van der Waals surface area (Å²) in [6, 6.07) is 12.2. The Balaban J connectivity index is 1.16. The SMILES string of the molecule is c1ccc(CN(CCN(Cc2ccccn2)c2nc(N3CCCCC3)nc(N3CCCCC3)n2)c2nc(N3CCCCC3)nc(N3CCCCC3)n2)nc1. The molecule has 4 aromatic rings. The predicted molar refractivity (Wildman–Crippen MR) is 214 cm³/mol. The number of pyridine rings is 2. The largest absolute Gasteiger partial charge is 0.341 e. The van der Waals surface area contributed by atoms with Crippen LogP contribution >= 0.6 is 0 Å². The molecule has 0 amide bonds. The molecule has 14 nitrogen and oxygen atoms in total. The summed E-state index contributed by atoms with van der Waals surface area (Å²) >= 11 is 0. The summed E-state index contributed by atoms with van der Waals surface area (Å²) < 4.78 is 0. The molecular formula is C40H56N14. The minimum atomic E-state index is 0.566. The fraction of sp³-hybridized carbons (Fsp3) is 0.600. The van der Waals surface area contributed by atoms with Gasteiger partial charge < -0.3 is 29.4 Å². The van der Waals surface area contributed by atoms with Crippen LogP contribution in [0.2, 0.25) is 0 Å². The van der Waals surface area contributed by atoms with Gasteiger partial charge in [0.25, 0.3) is 0 Å². The van der Waals surface area contributed by atoms with Gasteiger partial charge in [-0.25, -0.2) is 0 Å². The van der Waals surface area contributed by atoms with Crippen LogP contribution < -0.4 is 29.4 Å². The van der Waals surface area contributed by atoms with Crippen LogP contribution in [0.5, 0.6) is 0 Å². The van der Waals surface area contributed by atoms with Crippen molar-refractivity contribution in [3.8, 4) is 0 Å². The van der Waals surface area contributed by atoms with Gasteiger partial charge in [0.2, 0.25) is 35.7 Å².